The van der Waals surface area contributed by atoms with E-state index < -0.39 is 35.7 Å². The molecule has 0 aromatic heterocycles. The number of ether oxygens (including phenoxy) is 2. The van der Waals surface area contributed by atoms with Gasteiger partial charge in [-0.25, -0.2) is 9.59 Å². The number of carbonyl (C=O) groups excluding carboxylic acids is 2. The van der Waals surface area contributed by atoms with Gasteiger partial charge in [0, 0.05) is 5.92 Å². The van der Waals surface area contributed by atoms with Gasteiger partial charge in [-0.05, 0) is 47.6 Å². The second kappa shape index (κ2) is 11.9. The Hall–Kier alpha value is -4.17. The number of hydrogen-bond donors (Lipinski definition) is 3. The van der Waals surface area contributed by atoms with E-state index in [4.69, 9.17) is 9.47 Å². The van der Waals surface area contributed by atoms with Crippen LogP contribution in [-0.2, 0) is 25.7 Å². The van der Waals surface area contributed by atoms with E-state index in [2.05, 4.69) is 22.8 Å². The summed E-state index contributed by atoms with van der Waals surface area (Å²) in [5.41, 5.74) is 3.94. The molecule has 2 aliphatic rings. The normalized spacial score (nSPS) is 16.8. The molecule has 5 rings (SSSR count). The van der Waals surface area contributed by atoms with Crippen LogP contribution < -0.4 is 10.6 Å². The molecule has 8 nitrogen and oxygen atoms in total. The largest absolute Gasteiger partial charge is 0.480 e. The summed E-state index contributed by atoms with van der Waals surface area (Å²) < 4.78 is 11.6. The fourth-order valence-corrected chi connectivity index (χ4v) is 5.75. The van der Waals surface area contributed by atoms with Crippen molar-refractivity contribution in [3.05, 3.63) is 95.6 Å². The van der Waals surface area contributed by atoms with E-state index >= 15 is 0 Å². The molecule has 3 aromatic carbocycles. The van der Waals surface area contributed by atoms with Crippen LogP contribution in [0.25, 0.3) is 11.1 Å². The molecule has 40 heavy (non-hydrogen) atoms. The van der Waals surface area contributed by atoms with Gasteiger partial charge in [0.2, 0.25) is 5.91 Å². The van der Waals surface area contributed by atoms with E-state index in [1.165, 1.54) is 0 Å². The molecule has 0 bridgehead atoms. The van der Waals surface area contributed by atoms with Crippen molar-refractivity contribution in [2.75, 3.05) is 6.61 Å². The lowest BCUT2D eigenvalue weighted by molar-refractivity contribution is -0.148. The molecule has 0 spiro atoms. The molecule has 2 unspecified atom stereocenters. The standard InChI is InChI=1S/C32H34N2O6/c1-21(39-19-22-11-3-2-4-12-22)28(29(35)34-32(30(36)37)17-9-10-18-32)33-31(38)40-20-27-25-15-7-5-13-23(25)24-14-6-8-16-26(24)27/h2-8,11-16,21,27-28H,9-10,17-20H2,1H3,(H,33,38)(H,34,35)(H,36,37). The summed E-state index contributed by atoms with van der Waals surface area (Å²) in [5.74, 6) is -1.82. The highest BCUT2D eigenvalue weighted by molar-refractivity contribution is 5.92. The zero-order valence-corrected chi connectivity index (χ0v) is 22.5. The van der Waals surface area contributed by atoms with Gasteiger partial charge in [-0.15, -0.1) is 0 Å². The Morgan fingerprint density at radius 1 is 0.900 bits per heavy atom. The van der Waals surface area contributed by atoms with Crippen LogP contribution >= 0.6 is 0 Å². The van der Waals surface area contributed by atoms with Crippen LogP contribution in [0.1, 0.15) is 55.2 Å². The van der Waals surface area contributed by atoms with Crippen molar-refractivity contribution in [3.8, 4) is 11.1 Å². The minimum Gasteiger partial charge on any atom is -0.480 e. The molecule has 3 N–H and O–H groups in total. The molecule has 0 aliphatic heterocycles. The number of carboxylic acid groups (broad SMARTS) is 1. The lowest BCUT2D eigenvalue weighted by Crippen LogP contribution is -2.60. The van der Waals surface area contributed by atoms with Crippen molar-refractivity contribution in [1.82, 2.24) is 10.6 Å². The number of hydrogen-bond acceptors (Lipinski definition) is 5. The maximum atomic E-state index is 13.5. The molecule has 2 atom stereocenters. The Bertz CT molecular complexity index is 1320. The Kier molecular flexibility index (Phi) is 8.16. The molecule has 1 fully saturated rings. The first-order chi connectivity index (χ1) is 19.4. The van der Waals surface area contributed by atoms with Gasteiger partial charge < -0.3 is 25.2 Å². The summed E-state index contributed by atoms with van der Waals surface area (Å²) in [4.78, 5) is 38.6. The van der Waals surface area contributed by atoms with Gasteiger partial charge in [-0.1, -0.05) is 91.7 Å². The third-order valence-electron chi connectivity index (χ3n) is 7.95. The minimum absolute atomic E-state index is 0.0898. The number of carbonyl (C=O) groups is 3. The number of benzene rings is 3. The molecule has 208 valence electrons. The number of amides is 2. The molecule has 1 saturated carbocycles. The zero-order valence-electron chi connectivity index (χ0n) is 22.5. The molecule has 0 heterocycles. The quantitative estimate of drug-likeness (QED) is 0.332. The molecular formula is C32H34N2O6. The van der Waals surface area contributed by atoms with Crippen molar-refractivity contribution in [1.29, 1.82) is 0 Å². The van der Waals surface area contributed by atoms with Gasteiger partial charge in [0.1, 0.15) is 18.2 Å². The smallest absolute Gasteiger partial charge is 0.407 e. The van der Waals surface area contributed by atoms with Crippen molar-refractivity contribution < 1.29 is 29.0 Å². The highest BCUT2D eigenvalue weighted by Crippen LogP contribution is 2.44. The van der Waals surface area contributed by atoms with Crippen molar-refractivity contribution >= 4 is 18.0 Å². The van der Waals surface area contributed by atoms with Gasteiger partial charge in [0.15, 0.2) is 0 Å². The Morgan fingerprint density at radius 2 is 1.48 bits per heavy atom. The average Bonchev–Trinajstić information content (AvgIpc) is 3.57. The maximum Gasteiger partial charge on any atom is 0.407 e. The van der Waals surface area contributed by atoms with Crippen LogP contribution in [0.15, 0.2) is 78.9 Å². The summed E-state index contributed by atoms with van der Waals surface area (Å²) in [7, 11) is 0. The summed E-state index contributed by atoms with van der Waals surface area (Å²) in [6, 6.07) is 24.4. The Balaban J connectivity index is 1.29. The average molecular weight is 543 g/mol. The topological polar surface area (TPSA) is 114 Å². The molecule has 2 amide bonds. The lowest BCUT2D eigenvalue weighted by Gasteiger charge is -2.30. The van der Waals surface area contributed by atoms with E-state index in [0.29, 0.717) is 25.7 Å². The van der Waals surface area contributed by atoms with Gasteiger partial charge in [0.25, 0.3) is 0 Å². The molecule has 8 heteroatoms. The number of fused-ring (bicyclic) bond motifs is 3. The fraction of sp³-hybridized carbons (Fsp3) is 0.344. The third-order valence-corrected chi connectivity index (χ3v) is 7.95. The first kappa shape index (κ1) is 27.4. The Morgan fingerprint density at radius 3 is 2.08 bits per heavy atom. The van der Waals surface area contributed by atoms with Crippen LogP contribution in [0.2, 0.25) is 0 Å². The predicted octanol–water partition coefficient (Wildman–Crippen LogP) is 5.01. The second-order valence-electron chi connectivity index (χ2n) is 10.5. The number of nitrogens with one attached hydrogen (secondary N) is 2. The van der Waals surface area contributed by atoms with Crippen LogP contribution in [0.5, 0.6) is 0 Å². The highest BCUT2D eigenvalue weighted by Gasteiger charge is 2.44. The van der Waals surface area contributed by atoms with Gasteiger partial charge in [-0.2, -0.15) is 0 Å². The number of alkyl carbamates (subject to hydrolysis) is 1. The molecule has 2 aliphatic carbocycles. The third kappa shape index (κ3) is 5.72. The summed E-state index contributed by atoms with van der Waals surface area (Å²) in [5, 5.41) is 15.2. The van der Waals surface area contributed by atoms with E-state index in [1.807, 2.05) is 66.7 Å². The number of aliphatic carboxylic acids is 1. The summed E-state index contributed by atoms with van der Waals surface area (Å²) in [6.07, 6.45) is 0.561. The van der Waals surface area contributed by atoms with Gasteiger partial charge in [-0.3, -0.25) is 4.79 Å². The van der Waals surface area contributed by atoms with Crippen molar-refractivity contribution in [2.45, 2.75) is 62.8 Å². The molecule has 0 radical (unpaired) electrons. The maximum absolute atomic E-state index is 13.5. The summed E-state index contributed by atoms with van der Waals surface area (Å²) in [6.45, 7) is 1.99. The van der Waals surface area contributed by atoms with Crippen LogP contribution in [0.3, 0.4) is 0 Å². The van der Waals surface area contributed by atoms with E-state index in [9.17, 15) is 19.5 Å². The van der Waals surface area contributed by atoms with E-state index in [1.54, 1.807) is 6.92 Å². The van der Waals surface area contributed by atoms with Crippen molar-refractivity contribution in [2.24, 2.45) is 0 Å². The van der Waals surface area contributed by atoms with Gasteiger partial charge in [0.05, 0.1) is 12.7 Å². The fourth-order valence-electron chi connectivity index (χ4n) is 5.75. The molecule has 0 saturated heterocycles. The number of carboxylic acids is 1. The SMILES string of the molecule is CC(OCc1ccccc1)C(NC(=O)OCC1c2ccccc2-c2ccccc21)C(=O)NC1(C(=O)O)CCCC1. The zero-order chi connectivity index (χ0) is 28.1. The molecule has 3 aromatic rings. The first-order valence-corrected chi connectivity index (χ1v) is 13.7. The van der Waals surface area contributed by atoms with E-state index in [0.717, 1.165) is 27.8 Å². The summed E-state index contributed by atoms with van der Waals surface area (Å²) >= 11 is 0. The monoisotopic (exact) mass is 542 g/mol. The second-order valence-corrected chi connectivity index (χ2v) is 10.5. The first-order valence-electron chi connectivity index (χ1n) is 13.7. The van der Waals surface area contributed by atoms with Crippen molar-refractivity contribution in [3.63, 3.8) is 0 Å². The van der Waals surface area contributed by atoms with Gasteiger partial charge >= 0.3 is 12.1 Å². The van der Waals surface area contributed by atoms with Crippen LogP contribution in [0, 0.1) is 0 Å². The number of rotatable bonds is 10. The van der Waals surface area contributed by atoms with Crippen LogP contribution in [-0.4, -0.2) is 47.4 Å². The Labute approximate surface area is 233 Å². The molecular weight excluding hydrogens is 508 g/mol. The highest BCUT2D eigenvalue weighted by atomic mass is 16.5. The van der Waals surface area contributed by atoms with Crippen LogP contribution in [0.4, 0.5) is 4.79 Å². The minimum atomic E-state index is -1.35. The predicted molar refractivity (Wildman–Crippen MR) is 150 cm³/mol. The van der Waals surface area contributed by atoms with E-state index in [-0.39, 0.29) is 19.1 Å². The lowest BCUT2D eigenvalue weighted by atomic mass is 9.96.